The minimum absolute atomic E-state index is 0.0222. The molecular formula is C70H60O12. The fourth-order valence-electron chi connectivity index (χ4n) is 9.56. The monoisotopic (exact) mass is 1090 g/mol. The van der Waals surface area contributed by atoms with E-state index < -0.39 is 42.1 Å². The van der Waals surface area contributed by atoms with E-state index in [9.17, 15) is 4.79 Å². The zero-order chi connectivity index (χ0) is 55.7. The summed E-state index contributed by atoms with van der Waals surface area (Å²) in [4.78, 5) is 30.5. The molecule has 0 unspecified atom stereocenters. The molecule has 1 aromatic heterocycles. The van der Waals surface area contributed by atoms with Crippen molar-refractivity contribution >= 4 is 16.9 Å². The van der Waals surface area contributed by atoms with Gasteiger partial charge in [-0.1, -0.05) is 200 Å². The molecule has 12 nitrogen and oxygen atoms in total. The fraction of sp³-hybridized carbons (Fsp3) is 0.171. The van der Waals surface area contributed by atoms with Gasteiger partial charge in [0, 0.05) is 17.7 Å². The Morgan fingerprint density at radius 2 is 0.890 bits per heavy atom. The van der Waals surface area contributed by atoms with Crippen LogP contribution >= 0.6 is 0 Å². The van der Waals surface area contributed by atoms with Crippen molar-refractivity contribution in [1.29, 1.82) is 0 Å². The molecule has 0 N–H and O–H groups in total. The van der Waals surface area contributed by atoms with Crippen molar-refractivity contribution in [3.8, 4) is 34.3 Å². The molecule has 0 bridgehead atoms. The van der Waals surface area contributed by atoms with E-state index in [1.165, 1.54) is 0 Å². The zero-order valence-electron chi connectivity index (χ0n) is 44.9. The van der Waals surface area contributed by atoms with Crippen molar-refractivity contribution in [1.82, 2.24) is 0 Å². The smallest absolute Gasteiger partial charge is 0.338 e. The molecule has 1 aliphatic heterocycles. The Hall–Kier alpha value is -9.30. The van der Waals surface area contributed by atoms with Gasteiger partial charge in [-0.2, -0.15) is 0 Å². The Morgan fingerprint density at radius 3 is 1.41 bits per heavy atom. The maximum absolute atomic E-state index is 15.9. The normalized spacial score (nSPS) is 16.7. The summed E-state index contributed by atoms with van der Waals surface area (Å²) in [5.41, 5.74) is 5.76. The van der Waals surface area contributed by atoms with E-state index in [2.05, 4.69) is 0 Å². The summed E-state index contributed by atoms with van der Waals surface area (Å²) in [5, 5.41) is 0.0712. The summed E-state index contributed by atoms with van der Waals surface area (Å²) < 4.78 is 67.2. The Balaban J connectivity index is 1.05. The van der Waals surface area contributed by atoms with Crippen LogP contribution in [0.5, 0.6) is 23.0 Å². The van der Waals surface area contributed by atoms with Crippen LogP contribution in [-0.2, 0) is 63.3 Å². The topological polar surface area (TPSA) is 130 Å². The highest BCUT2D eigenvalue weighted by Gasteiger charge is 2.52. The van der Waals surface area contributed by atoms with Gasteiger partial charge in [-0.25, -0.2) is 4.79 Å². The molecule has 0 saturated carbocycles. The molecule has 1 fully saturated rings. The van der Waals surface area contributed by atoms with E-state index in [4.69, 9.17) is 47.0 Å². The van der Waals surface area contributed by atoms with Crippen LogP contribution in [-0.4, -0.2) is 43.3 Å². The van der Waals surface area contributed by atoms with E-state index >= 15 is 4.79 Å². The van der Waals surface area contributed by atoms with E-state index in [0.29, 0.717) is 23.7 Å². The number of benzene rings is 9. The first kappa shape index (κ1) is 54.6. The molecule has 10 aromatic rings. The van der Waals surface area contributed by atoms with Gasteiger partial charge in [0.2, 0.25) is 17.5 Å². The molecule has 0 spiro atoms. The Kier molecular flexibility index (Phi) is 18.2. The predicted octanol–water partition coefficient (Wildman–Crippen LogP) is 13.9. The van der Waals surface area contributed by atoms with E-state index in [0.717, 1.165) is 33.4 Å². The molecule has 11 rings (SSSR count). The highest BCUT2D eigenvalue weighted by atomic mass is 16.7. The van der Waals surface area contributed by atoms with Crippen LogP contribution in [0.3, 0.4) is 0 Å². The highest BCUT2D eigenvalue weighted by molar-refractivity contribution is 5.90. The Morgan fingerprint density at radius 1 is 0.439 bits per heavy atom. The number of ether oxygens (including phenoxy) is 9. The van der Waals surface area contributed by atoms with Crippen LogP contribution in [0.15, 0.2) is 258 Å². The average molecular weight is 1090 g/mol. The Bertz CT molecular complexity index is 3650. The predicted molar refractivity (Wildman–Crippen MR) is 311 cm³/mol. The van der Waals surface area contributed by atoms with Crippen molar-refractivity contribution in [3.63, 3.8) is 0 Å². The van der Waals surface area contributed by atoms with Crippen molar-refractivity contribution < 1.29 is 51.8 Å². The van der Waals surface area contributed by atoms with Gasteiger partial charge in [0.25, 0.3) is 0 Å². The third-order valence-corrected chi connectivity index (χ3v) is 13.8. The van der Waals surface area contributed by atoms with Crippen molar-refractivity contribution in [2.24, 2.45) is 0 Å². The summed E-state index contributed by atoms with van der Waals surface area (Å²) in [6.45, 7) is 1.12. The van der Waals surface area contributed by atoms with Crippen molar-refractivity contribution in [3.05, 3.63) is 298 Å². The lowest BCUT2D eigenvalue weighted by Crippen LogP contribution is -2.63. The van der Waals surface area contributed by atoms with Crippen LogP contribution in [0.4, 0.5) is 0 Å². The van der Waals surface area contributed by atoms with Gasteiger partial charge in [0.15, 0.2) is 11.9 Å². The summed E-state index contributed by atoms with van der Waals surface area (Å²) in [7, 11) is 0. The second-order valence-electron chi connectivity index (χ2n) is 19.7. The Labute approximate surface area is 475 Å². The number of hydrogen-bond acceptors (Lipinski definition) is 12. The first-order chi connectivity index (χ1) is 40.5. The van der Waals surface area contributed by atoms with Crippen LogP contribution in [0, 0.1) is 0 Å². The van der Waals surface area contributed by atoms with E-state index in [1.54, 1.807) is 60.7 Å². The molecule has 0 radical (unpaired) electrons. The third kappa shape index (κ3) is 14.2. The largest absolute Gasteiger partial charge is 0.489 e. The number of fused-ring (bicyclic) bond motifs is 1. The van der Waals surface area contributed by atoms with Gasteiger partial charge in [-0.15, -0.1) is 0 Å². The summed E-state index contributed by atoms with van der Waals surface area (Å²) in [6.07, 6.45) is -5.90. The van der Waals surface area contributed by atoms with Crippen LogP contribution in [0.2, 0.25) is 0 Å². The minimum atomic E-state index is -1.55. The van der Waals surface area contributed by atoms with Gasteiger partial charge >= 0.3 is 5.97 Å². The number of hydrogen-bond donors (Lipinski definition) is 0. The van der Waals surface area contributed by atoms with Crippen molar-refractivity contribution in [2.75, 3.05) is 6.61 Å². The molecular weight excluding hydrogens is 1030 g/mol. The number of carbonyl (C=O) groups excluding carboxylic acids is 1. The maximum atomic E-state index is 15.9. The summed E-state index contributed by atoms with van der Waals surface area (Å²) in [5.74, 6) is 0.254. The lowest BCUT2D eigenvalue weighted by atomic mass is 9.97. The minimum Gasteiger partial charge on any atom is -0.489 e. The summed E-state index contributed by atoms with van der Waals surface area (Å²) in [6, 6.07) is 77.5. The maximum Gasteiger partial charge on any atom is 0.338 e. The molecule has 12 heteroatoms. The molecule has 0 amide bonds. The van der Waals surface area contributed by atoms with Crippen LogP contribution < -0.4 is 24.4 Å². The van der Waals surface area contributed by atoms with Crippen LogP contribution in [0.1, 0.15) is 43.7 Å². The standard InChI is InChI=1S/C70H60O12/c71-63-62-59(76-45-52-28-14-4-15-29-52)40-58(75-44-51-26-12-3-13-27-51)41-60(62)79-64(55-36-38-57(39-37-55)74-43-50-24-10-2-11-25-50)66(63)82-70-68(81-69(72)56-34-20-7-21-35-56)67(78-47-54-32-18-6-19-33-54)65(77-46-53-30-16-5-17-31-53)61(80-70)48-73-42-49-22-8-1-9-23-49/h1-41,61,65,67-68,70H,42-48H2/t61-,65-,67+,68-,70+/m1/s1. The first-order valence-corrected chi connectivity index (χ1v) is 27.2. The highest BCUT2D eigenvalue weighted by Crippen LogP contribution is 2.40. The second-order valence-corrected chi connectivity index (χ2v) is 19.7. The van der Waals surface area contributed by atoms with Gasteiger partial charge < -0.3 is 47.0 Å². The molecule has 9 aromatic carbocycles. The lowest BCUT2D eigenvalue weighted by Gasteiger charge is -2.45. The molecule has 5 atom stereocenters. The second kappa shape index (κ2) is 27.2. The van der Waals surface area contributed by atoms with Gasteiger partial charge in [-0.3, -0.25) is 4.79 Å². The van der Waals surface area contributed by atoms with Crippen molar-refractivity contribution in [2.45, 2.75) is 70.3 Å². The van der Waals surface area contributed by atoms with Gasteiger partial charge in [-0.05, 0) is 69.8 Å². The lowest BCUT2D eigenvalue weighted by molar-refractivity contribution is -0.298. The fourth-order valence-corrected chi connectivity index (χ4v) is 9.56. The van der Waals surface area contributed by atoms with E-state index in [-0.39, 0.29) is 73.4 Å². The van der Waals surface area contributed by atoms with E-state index in [1.807, 2.05) is 188 Å². The average Bonchev–Trinajstić information content (AvgIpc) is 2.77. The molecule has 1 aliphatic rings. The zero-order valence-corrected chi connectivity index (χ0v) is 44.9. The third-order valence-electron chi connectivity index (χ3n) is 13.8. The number of rotatable bonds is 24. The first-order valence-electron chi connectivity index (χ1n) is 27.2. The SMILES string of the molecule is O=C(O[C@H]1[C@H](Oc2c(-c3ccc(OCc4ccccc4)cc3)oc3cc(OCc4ccccc4)cc(OCc4ccccc4)c3c2=O)O[C@H](COCc2ccccc2)[C@@H](OCc2ccccc2)[C@@H]1OCc1ccccc1)c1ccccc1. The molecule has 82 heavy (non-hydrogen) atoms. The molecule has 2 heterocycles. The number of carbonyl (C=O) groups is 1. The molecule has 0 aliphatic carbocycles. The summed E-state index contributed by atoms with van der Waals surface area (Å²) >= 11 is 0. The number of esters is 1. The van der Waals surface area contributed by atoms with Gasteiger partial charge in [0.05, 0.1) is 32.0 Å². The molecule has 412 valence electrons. The van der Waals surface area contributed by atoms with Crippen LogP contribution in [0.25, 0.3) is 22.3 Å². The molecule has 1 saturated heterocycles. The van der Waals surface area contributed by atoms with Gasteiger partial charge in [0.1, 0.15) is 66.4 Å². The quantitative estimate of drug-likeness (QED) is 0.0534.